The van der Waals surface area contributed by atoms with Gasteiger partial charge in [-0.3, -0.25) is 13.7 Å². The molecule has 0 aliphatic rings. The minimum absolute atomic E-state index is 0.108. The summed E-state index contributed by atoms with van der Waals surface area (Å²) >= 11 is 0. The maximum Gasteiger partial charge on any atom is 0.339 e. The molecule has 15 heteroatoms. The van der Waals surface area contributed by atoms with Crippen LogP contribution in [0.15, 0.2) is 20.8 Å². The van der Waals surface area contributed by atoms with Crippen LogP contribution in [0.5, 0.6) is 0 Å². The summed E-state index contributed by atoms with van der Waals surface area (Å²) in [4.78, 5) is 5.24. The minimum Gasteiger partial charge on any atom is -0.478 e. The van der Waals surface area contributed by atoms with E-state index in [9.17, 15) is 30.0 Å². The summed E-state index contributed by atoms with van der Waals surface area (Å²) in [6, 6.07) is 0.108. The molecule has 22 heavy (non-hydrogen) atoms. The normalized spacial score (nSPS) is 13.0. The van der Waals surface area contributed by atoms with E-state index in [4.69, 9.17) is 24.5 Å². The van der Waals surface area contributed by atoms with Crippen LogP contribution in [0.4, 0.5) is 5.69 Å². The first-order chi connectivity index (χ1) is 9.58. The van der Waals surface area contributed by atoms with Crippen molar-refractivity contribution in [2.75, 3.05) is 5.73 Å². The Kier molecular flexibility index (Phi) is 4.27. The van der Waals surface area contributed by atoms with Crippen LogP contribution in [0.3, 0.4) is 0 Å². The number of anilines is 1. The Morgan fingerprint density at radius 3 is 1.55 bits per heavy atom. The lowest BCUT2D eigenvalue weighted by atomic mass is 10.2. The molecule has 0 unspecified atom stereocenters. The molecule has 0 atom stereocenters. The highest BCUT2D eigenvalue weighted by atomic mass is 32.2. The number of benzene rings is 1. The number of nitrogen functional groups attached to an aromatic ring is 1. The zero-order chi connectivity index (χ0) is 17.7. The average molecular weight is 377 g/mol. The van der Waals surface area contributed by atoms with Crippen molar-refractivity contribution < 1.29 is 48.8 Å². The summed E-state index contributed by atoms with van der Waals surface area (Å²) in [5, 5.41) is 8.85. The van der Waals surface area contributed by atoms with Crippen molar-refractivity contribution in [2.24, 2.45) is 0 Å². The smallest absolute Gasteiger partial charge is 0.339 e. The number of nitrogens with two attached hydrogens (primary N) is 1. The second-order valence-electron chi connectivity index (χ2n) is 3.73. The molecule has 0 spiro atoms. The Morgan fingerprint density at radius 1 is 0.864 bits per heavy atom. The van der Waals surface area contributed by atoms with Gasteiger partial charge in [-0.1, -0.05) is 0 Å². The molecule has 0 aliphatic heterocycles. The van der Waals surface area contributed by atoms with Crippen LogP contribution in [-0.4, -0.2) is 50.0 Å². The Morgan fingerprint density at radius 2 is 1.27 bits per heavy atom. The molecule has 0 aromatic heterocycles. The van der Waals surface area contributed by atoms with E-state index in [1.807, 2.05) is 0 Å². The molecular formula is C7H7NO11S3. The maximum atomic E-state index is 11.2. The van der Waals surface area contributed by atoms with Crippen LogP contribution >= 0.6 is 0 Å². The fourth-order valence-corrected chi connectivity index (χ4v) is 4.94. The molecular weight excluding hydrogens is 370 g/mol. The van der Waals surface area contributed by atoms with Gasteiger partial charge in [-0.15, -0.1) is 0 Å². The van der Waals surface area contributed by atoms with E-state index in [0.29, 0.717) is 0 Å². The van der Waals surface area contributed by atoms with Gasteiger partial charge in [-0.2, -0.15) is 25.3 Å². The second-order valence-corrected chi connectivity index (χ2v) is 7.83. The van der Waals surface area contributed by atoms with Gasteiger partial charge in [0.05, 0.1) is 0 Å². The summed E-state index contributed by atoms with van der Waals surface area (Å²) in [6.45, 7) is 0. The van der Waals surface area contributed by atoms with Gasteiger partial charge in [0, 0.05) is 5.69 Å². The predicted molar refractivity (Wildman–Crippen MR) is 67.3 cm³/mol. The third kappa shape index (κ3) is 3.34. The van der Waals surface area contributed by atoms with Crippen LogP contribution < -0.4 is 5.73 Å². The summed E-state index contributed by atoms with van der Waals surface area (Å²) in [5.74, 6) is -2.14. The standard InChI is InChI=1S/C7H7NO11S3/c8-2-1-3(20(11,12)13)5(21(14,15)16)6(22(17,18)19)4(2)7(9)10/h1H,8H2,(H,9,10)(H,11,12,13)(H,14,15,16)(H,17,18,19). The van der Waals surface area contributed by atoms with Crippen molar-refractivity contribution >= 4 is 42.0 Å². The van der Waals surface area contributed by atoms with Crippen molar-refractivity contribution in [3.8, 4) is 0 Å². The zero-order valence-corrected chi connectivity index (χ0v) is 12.5. The lowest BCUT2D eigenvalue weighted by Crippen LogP contribution is -2.20. The fourth-order valence-electron chi connectivity index (χ4n) is 1.54. The third-order valence-corrected chi connectivity index (χ3v) is 5.24. The Hall–Kier alpha value is -1.78. The molecule has 0 fully saturated rings. The number of carboxylic acid groups (broad SMARTS) is 1. The number of aromatic carboxylic acids is 1. The Labute approximate surface area is 123 Å². The van der Waals surface area contributed by atoms with Crippen molar-refractivity contribution in [3.05, 3.63) is 11.6 Å². The zero-order valence-electron chi connectivity index (χ0n) is 10.0. The quantitative estimate of drug-likeness (QED) is 0.305. The minimum atomic E-state index is -5.70. The highest BCUT2D eigenvalue weighted by Crippen LogP contribution is 2.35. The van der Waals surface area contributed by atoms with Crippen LogP contribution in [0, 0.1) is 0 Å². The monoisotopic (exact) mass is 377 g/mol. The van der Waals surface area contributed by atoms with Crippen LogP contribution in [0.1, 0.15) is 10.4 Å². The first-order valence-corrected chi connectivity index (χ1v) is 9.02. The molecule has 6 N–H and O–H groups in total. The number of hydrogen-bond donors (Lipinski definition) is 5. The number of hydrogen-bond acceptors (Lipinski definition) is 8. The van der Waals surface area contributed by atoms with Crippen molar-refractivity contribution in [2.45, 2.75) is 14.7 Å². The molecule has 1 aromatic carbocycles. The molecule has 0 heterocycles. The molecule has 1 rings (SSSR count). The molecule has 0 radical (unpaired) electrons. The lowest BCUT2D eigenvalue weighted by molar-refractivity contribution is 0.0692. The highest BCUT2D eigenvalue weighted by molar-refractivity contribution is 7.90. The molecule has 0 amide bonds. The van der Waals surface area contributed by atoms with Crippen molar-refractivity contribution in [1.82, 2.24) is 0 Å². The number of carboxylic acids is 1. The van der Waals surface area contributed by atoms with E-state index in [0.717, 1.165) is 0 Å². The van der Waals surface area contributed by atoms with Gasteiger partial charge in [0.1, 0.15) is 20.2 Å². The van der Waals surface area contributed by atoms with Crippen LogP contribution in [0.2, 0.25) is 0 Å². The summed E-state index contributed by atoms with van der Waals surface area (Å²) in [6.07, 6.45) is 0. The van der Waals surface area contributed by atoms with E-state index in [-0.39, 0.29) is 6.07 Å². The van der Waals surface area contributed by atoms with Crippen LogP contribution in [0.25, 0.3) is 0 Å². The maximum absolute atomic E-state index is 11.2. The molecule has 0 saturated carbocycles. The third-order valence-electron chi connectivity index (χ3n) is 2.24. The van der Waals surface area contributed by atoms with E-state index >= 15 is 0 Å². The largest absolute Gasteiger partial charge is 0.478 e. The first-order valence-electron chi connectivity index (χ1n) is 4.70. The predicted octanol–water partition coefficient (Wildman–Crippen LogP) is -1.29. The van der Waals surface area contributed by atoms with Crippen molar-refractivity contribution in [3.63, 3.8) is 0 Å². The van der Waals surface area contributed by atoms with Gasteiger partial charge in [0.2, 0.25) is 0 Å². The van der Waals surface area contributed by atoms with E-state index in [2.05, 4.69) is 0 Å². The molecule has 1 aromatic rings. The first kappa shape index (κ1) is 18.3. The summed E-state index contributed by atoms with van der Waals surface area (Å²) in [5.41, 5.74) is 2.53. The van der Waals surface area contributed by atoms with Gasteiger partial charge < -0.3 is 10.8 Å². The van der Waals surface area contributed by atoms with Crippen molar-refractivity contribution in [1.29, 1.82) is 0 Å². The number of rotatable bonds is 4. The van der Waals surface area contributed by atoms with Gasteiger partial charge in [-0.25, -0.2) is 4.79 Å². The van der Waals surface area contributed by atoms with E-state index in [1.165, 1.54) is 0 Å². The van der Waals surface area contributed by atoms with E-state index < -0.39 is 62.3 Å². The number of carbonyl (C=O) groups is 1. The Bertz CT molecular complexity index is 971. The van der Waals surface area contributed by atoms with E-state index in [1.54, 1.807) is 0 Å². The lowest BCUT2D eigenvalue weighted by Gasteiger charge is -2.13. The van der Waals surface area contributed by atoms with Gasteiger partial charge >= 0.3 is 5.97 Å². The van der Waals surface area contributed by atoms with Gasteiger partial charge in [-0.05, 0) is 6.07 Å². The summed E-state index contributed by atoms with van der Waals surface area (Å²) in [7, 11) is -16.8. The average Bonchev–Trinajstić information content (AvgIpc) is 2.22. The fraction of sp³-hybridized carbons (Fsp3) is 0. The molecule has 12 nitrogen and oxygen atoms in total. The van der Waals surface area contributed by atoms with Gasteiger partial charge in [0.15, 0.2) is 0 Å². The molecule has 0 bridgehead atoms. The highest BCUT2D eigenvalue weighted by Gasteiger charge is 2.38. The molecule has 0 saturated heterocycles. The van der Waals surface area contributed by atoms with Gasteiger partial charge in [0.25, 0.3) is 30.4 Å². The molecule has 124 valence electrons. The van der Waals surface area contributed by atoms with Crippen LogP contribution in [-0.2, 0) is 30.4 Å². The SMILES string of the molecule is Nc1cc(S(=O)(=O)O)c(S(=O)(=O)O)c(S(=O)(=O)O)c1C(=O)O. The molecule has 0 aliphatic carbocycles. The Balaban J connectivity index is 4.44. The second kappa shape index (κ2) is 5.14. The summed E-state index contributed by atoms with van der Waals surface area (Å²) < 4.78 is 94.0. The topological polar surface area (TPSA) is 226 Å².